The minimum atomic E-state index is -0.0298. The normalized spacial score (nSPS) is 31.3. The van der Waals surface area contributed by atoms with Crippen LogP contribution in [0.4, 0.5) is 0 Å². The summed E-state index contributed by atoms with van der Waals surface area (Å²) in [5, 5.41) is 2.16. The average molecular weight is 332 g/mol. The van der Waals surface area contributed by atoms with E-state index in [4.69, 9.17) is 0 Å². The summed E-state index contributed by atoms with van der Waals surface area (Å²) in [7, 11) is 0. The molecule has 1 saturated carbocycles. The van der Waals surface area contributed by atoms with E-state index in [1.165, 1.54) is 10.4 Å². The topological polar surface area (TPSA) is 40.6 Å². The second-order valence-corrected chi connectivity index (χ2v) is 8.03. The van der Waals surface area contributed by atoms with Crippen molar-refractivity contribution < 1.29 is 9.59 Å². The number of fused-ring (bicyclic) bond motifs is 2. The van der Waals surface area contributed by atoms with E-state index in [2.05, 4.69) is 23.3 Å². The molecule has 0 bridgehead atoms. The molecule has 0 aromatic carbocycles. The first kappa shape index (κ1) is 15.3. The lowest BCUT2D eigenvalue weighted by Gasteiger charge is -2.37. The molecule has 2 fully saturated rings. The fourth-order valence-electron chi connectivity index (χ4n) is 4.65. The molecule has 3 atom stereocenters. The van der Waals surface area contributed by atoms with Crippen molar-refractivity contribution >= 4 is 23.2 Å². The van der Waals surface area contributed by atoms with Gasteiger partial charge in [0.1, 0.15) is 0 Å². The zero-order valence-corrected chi connectivity index (χ0v) is 14.5. The molecule has 4 nitrogen and oxygen atoms in total. The summed E-state index contributed by atoms with van der Waals surface area (Å²) in [5.74, 6) is 0.118. The van der Waals surface area contributed by atoms with Gasteiger partial charge in [0.05, 0.1) is 18.5 Å². The van der Waals surface area contributed by atoms with Gasteiger partial charge in [-0.3, -0.25) is 19.4 Å². The molecule has 3 aliphatic rings. The molecule has 4 rings (SSSR count). The van der Waals surface area contributed by atoms with E-state index < -0.39 is 0 Å². The largest absolute Gasteiger partial charge is 0.278 e. The number of likely N-dealkylation sites (tertiary alicyclic amines) is 1. The van der Waals surface area contributed by atoms with E-state index in [9.17, 15) is 9.59 Å². The van der Waals surface area contributed by atoms with E-state index in [0.29, 0.717) is 12.7 Å². The Kier molecular flexibility index (Phi) is 4.01. The first-order chi connectivity index (χ1) is 11.2. The van der Waals surface area contributed by atoms with Crippen LogP contribution in [0.3, 0.4) is 0 Å². The summed E-state index contributed by atoms with van der Waals surface area (Å²) in [5.41, 5.74) is 1.40. The van der Waals surface area contributed by atoms with Crippen molar-refractivity contribution in [3.63, 3.8) is 0 Å². The summed E-state index contributed by atoms with van der Waals surface area (Å²) in [6, 6.07) is 2.56. The molecule has 23 heavy (non-hydrogen) atoms. The van der Waals surface area contributed by atoms with Gasteiger partial charge in [-0.25, -0.2) is 0 Å². The zero-order chi connectivity index (χ0) is 16.0. The van der Waals surface area contributed by atoms with Crippen molar-refractivity contribution in [3.05, 3.63) is 21.9 Å². The predicted molar refractivity (Wildman–Crippen MR) is 89.9 cm³/mol. The fraction of sp³-hybridized carbons (Fsp3) is 0.667. The van der Waals surface area contributed by atoms with Crippen molar-refractivity contribution in [1.29, 1.82) is 0 Å². The minimum Gasteiger partial charge on any atom is -0.278 e. The Morgan fingerprint density at radius 2 is 1.87 bits per heavy atom. The van der Waals surface area contributed by atoms with E-state index in [0.717, 1.165) is 45.1 Å². The fourth-order valence-corrected chi connectivity index (χ4v) is 5.58. The van der Waals surface area contributed by atoms with Gasteiger partial charge in [0.2, 0.25) is 11.8 Å². The lowest BCUT2D eigenvalue weighted by Crippen LogP contribution is -2.45. The standard InChI is InChI=1S/C18H24N2O2S/c1-2-15-14-8-10-23-16(14)7-9-19(15)11-20-17(21)12-5-3-4-6-13(12)18(20)22/h8,10,12-13,15H,2-7,9,11H2,1H3/t12-,13+,15-/m1/s1. The van der Waals surface area contributed by atoms with Crippen LogP contribution in [-0.4, -0.2) is 34.8 Å². The number of thiophene rings is 1. The first-order valence-corrected chi connectivity index (χ1v) is 9.74. The van der Waals surface area contributed by atoms with Gasteiger partial charge in [-0.1, -0.05) is 19.8 Å². The SMILES string of the molecule is CC[C@@H]1c2ccsc2CCN1CN1C(=O)[C@H]2CCCC[C@H]2C1=O. The summed E-state index contributed by atoms with van der Waals surface area (Å²) < 4.78 is 0. The third-order valence-electron chi connectivity index (χ3n) is 5.85. The van der Waals surface area contributed by atoms with Crippen LogP contribution in [0.5, 0.6) is 0 Å². The average Bonchev–Trinajstić information content (AvgIpc) is 3.14. The molecule has 2 amide bonds. The van der Waals surface area contributed by atoms with Crippen LogP contribution in [0.15, 0.2) is 11.4 Å². The van der Waals surface area contributed by atoms with E-state index >= 15 is 0 Å². The van der Waals surface area contributed by atoms with Crippen molar-refractivity contribution in [3.8, 4) is 0 Å². The monoisotopic (exact) mass is 332 g/mol. The molecule has 0 spiro atoms. The number of nitrogens with zero attached hydrogens (tertiary/aromatic N) is 2. The Balaban J connectivity index is 1.54. The highest BCUT2D eigenvalue weighted by Gasteiger charge is 2.48. The van der Waals surface area contributed by atoms with Gasteiger partial charge < -0.3 is 0 Å². The van der Waals surface area contributed by atoms with Crippen LogP contribution in [0, 0.1) is 11.8 Å². The molecular weight excluding hydrogens is 308 g/mol. The Morgan fingerprint density at radius 3 is 2.52 bits per heavy atom. The van der Waals surface area contributed by atoms with Crippen molar-refractivity contribution in [1.82, 2.24) is 9.80 Å². The number of hydrogen-bond acceptors (Lipinski definition) is 4. The minimum absolute atomic E-state index is 0.0298. The molecular formula is C18H24N2O2S. The lowest BCUT2D eigenvalue weighted by atomic mass is 9.81. The molecule has 0 unspecified atom stereocenters. The second-order valence-electron chi connectivity index (χ2n) is 7.03. The summed E-state index contributed by atoms with van der Waals surface area (Å²) >= 11 is 1.83. The molecule has 1 aromatic heterocycles. The van der Waals surface area contributed by atoms with Gasteiger partial charge in [-0.15, -0.1) is 11.3 Å². The molecule has 0 radical (unpaired) electrons. The van der Waals surface area contributed by atoms with Crippen LogP contribution in [0.1, 0.15) is 55.5 Å². The van der Waals surface area contributed by atoms with Crippen molar-refractivity contribution in [2.75, 3.05) is 13.2 Å². The van der Waals surface area contributed by atoms with Gasteiger partial charge in [0, 0.05) is 17.5 Å². The van der Waals surface area contributed by atoms with E-state index in [1.54, 1.807) is 4.90 Å². The van der Waals surface area contributed by atoms with Crippen LogP contribution in [-0.2, 0) is 16.0 Å². The van der Waals surface area contributed by atoms with Gasteiger partial charge in [-0.05, 0) is 42.7 Å². The van der Waals surface area contributed by atoms with E-state index in [1.807, 2.05) is 11.3 Å². The van der Waals surface area contributed by atoms with Crippen LogP contribution in [0.25, 0.3) is 0 Å². The van der Waals surface area contributed by atoms with Gasteiger partial charge in [0.25, 0.3) is 0 Å². The summed E-state index contributed by atoms with van der Waals surface area (Å²) in [6.07, 6.45) is 6.04. The predicted octanol–water partition coefficient (Wildman–Crippen LogP) is 3.19. The maximum absolute atomic E-state index is 12.7. The third-order valence-corrected chi connectivity index (χ3v) is 6.84. The highest BCUT2D eigenvalue weighted by atomic mass is 32.1. The smallest absolute Gasteiger partial charge is 0.234 e. The molecule has 1 aromatic rings. The van der Waals surface area contributed by atoms with Crippen LogP contribution in [0.2, 0.25) is 0 Å². The van der Waals surface area contributed by atoms with Gasteiger partial charge in [0.15, 0.2) is 0 Å². The maximum Gasteiger partial charge on any atom is 0.234 e. The molecule has 2 aliphatic heterocycles. The molecule has 1 aliphatic carbocycles. The molecule has 124 valence electrons. The Hall–Kier alpha value is -1.20. The highest BCUT2D eigenvalue weighted by molar-refractivity contribution is 7.10. The van der Waals surface area contributed by atoms with Crippen molar-refractivity contribution in [2.24, 2.45) is 11.8 Å². The second kappa shape index (κ2) is 6.02. The zero-order valence-electron chi connectivity index (χ0n) is 13.7. The van der Waals surface area contributed by atoms with Gasteiger partial charge in [-0.2, -0.15) is 0 Å². The molecule has 0 N–H and O–H groups in total. The number of rotatable bonds is 3. The molecule has 3 heterocycles. The Bertz CT molecular complexity index is 602. The van der Waals surface area contributed by atoms with Crippen molar-refractivity contribution in [2.45, 2.75) is 51.5 Å². The number of carbonyl (C=O) groups excluding carboxylic acids is 2. The van der Waals surface area contributed by atoms with E-state index in [-0.39, 0.29) is 23.7 Å². The van der Waals surface area contributed by atoms with Crippen LogP contribution < -0.4 is 0 Å². The lowest BCUT2D eigenvalue weighted by molar-refractivity contribution is -0.143. The number of amides is 2. The quantitative estimate of drug-likeness (QED) is 0.798. The summed E-state index contributed by atoms with van der Waals surface area (Å²) in [4.78, 5) is 30.8. The Labute approximate surface area is 141 Å². The number of carbonyl (C=O) groups is 2. The number of hydrogen-bond donors (Lipinski definition) is 0. The first-order valence-electron chi connectivity index (χ1n) is 8.86. The maximum atomic E-state index is 12.7. The van der Waals surface area contributed by atoms with Gasteiger partial charge >= 0.3 is 0 Å². The molecule has 1 saturated heterocycles. The summed E-state index contributed by atoms with van der Waals surface area (Å²) in [6.45, 7) is 3.62. The third kappa shape index (κ3) is 2.45. The Morgan fingerprint density at radius 1 is 1.17 bits per heavy atom. The number of imide groups is 1. The van der Waals surface area contributed by atoms with Crippen LogP contribution >= 0.6 is 11.3 Å². The molecule has 5 heteroatoms. The highest BCUT2D eigenvalue weighted by Crippen LogP contribution is 2.40.